The SMILES string of the molecule is CC[C@@H]1C[C@]1(CC(=O)[C@@H]1C[C@@H](Oc2cc(-c3csc(NC(C)C)n3)nc3c(Cl)c(OCCN4CCOCC4)ccc23)CN1C(=O)[C@@H](CC(=O)OC1C[C@@H]2C[C@@H]2C1)C(C)(C)C)C(=O)OC. The molecular formula is C48H64ClN5O9S. The number of halogens is 1. The van der Waals surface area contributed by atoms with Crippen LogP contribution in [0.15, 0.2) is 23.6 Å². The first kappa shape index (κ1) is 46.5. The first-order valence-corrected chi connectivity index (χ1v) is 24.4. The number of ether oxygens (including phenoxy) is 5. The molecule has 8 rings (SSSR count). The van der Waals surface area contributed by atoms with Crippen LogP contribution in [0.1, 0.15) is 92.9 Å². The molecule has 64 heavy (non-hydrogen) atoms. The Bertz CT molecular complexity index is 2210. The number of pyridine rings is 1. The molecule has 5 fully saturated rings. The maximum Gasteiger partial charge on any atom is 0.312 e. The topological polar surface area (TPSA) is 159 Å². The summed E-state index contributed by atoms with van der Waals surface area (Å²) in [5.41, 5.74) is 0.0710. The van der Waals surface area contributed by atoms with Gasteiger partial charge in [0.15, 0.2) is 10.9 Å². The van der Waals surface area contributed by atoms with E-state index in [2.05, 4.69) is 10.2 Å². The molecule has 16 heteroatoms. The van der Waals surface area contributed by atoms with Crippen LogP contribution in [0.4, 0.5) is 5.13 Å². The number of morpholine rings is 1. The van der Waals surface area contributed by atoms with Gasteiger partial charge in [0.2, 0.25) is 5.91 Å². The lowest BCUT2D eigenvalue weighted by molar-refractivity contribution is -0.157. The number of likely N-dealkylation sites (tertiary alicyclic amines) is 1. The monoisotopic (exact) mass is 921 g/mol. The molecule has 1 unspecified atom stereocenters. The highest BCUT2D eigenvalue weighted by molar-refractivity contribution is 7.14. The fraction of sp³-hybridized carbons (Fsp3) is 0.667. The molecule has 4 heterocycles. The summed E-state index contributed by atoms with van der Waals surface area (Å²) in [7, 11) is 1.35. The molecule has 1 aromatic carbocycles. The van der Waals surface area contributed by atoms with Crippen LogP contribution in [0.3, 0.4) is 0 Å². The van der Waals surface area contributed by atoms with Crippen molar-refractivity contribution in [2.24, 2.45) is 34.5 Å². The van der Waals surface area contributed by atoms with E-state index in [1.165, 1.54) is 24.9 Å². The highest BCUT2D eigenvalue weighted by Gasteiger charge is 2.62. The fourth-order valence-corrected chi connectivity index (χ4v) is 11.3. The molecule has 1 amide bonds. The molecule has 3 saturated carbocycles. The van der Waals surface area contributed by atoms with Crippen molar-refractivity contribution in [1.82, 2.24) is 19.8 Å². The summed E-state index contributed by atoms with van der Waals surface area (Å²) < 4.78 is 29.8. The van der Waals surface area contributed by atoms with Crippen LogP contribution in [0.25, 0.3) is 22.3 Å². The van der Waals surface area contributed by atoms with E-state index in [0.29, 0.717) is 76.9 Å². The molecule has 5 aliphatic rings. The van der Waals surface area contributed by atoms with Crippen LogP contribution in [-0.4, -0.2) is 121 Å². The van der Waals surface area contributed by atoms with Gasteiger partial charge in [0.1, 0.15) is 41.0 Å². The predicted octanol–water partition coefficient (Wildman–Crippen LogP) is 7.83. The van der Waals surface area contributed by atoms with Gasteiger partial charge in [0.05, 0.1) is 61.9 Å². The van der Waals surface area contributed by atoms with Gasteiger partial charge in [-0.2, -0.15) is 0 Å². The van der Waals surface area contributed by atoms with Crippen LogP contribution in [0, 0.1) is 34.5 Å². The summed E-state index contributed by atoms with van der Waals surface area (Å²) in [6, 6.07) is 4.80. The van der Waals surface area contributed by atoms with Crippen molar-refractivity contribution in [2.45, 2.75) is 117 Å². The number of carbonyl (C=O) groups is 4. The van der Waals surface area contributed by atoms with E-state index < -0.39 is 40.8 Å². The number of nitrogens with one attached hydrogen (secondary N) is 1. The number of nitrogens with zero attached hydrogens (tertiary/aromatic N) is 4. The lowest BCUT2D eigenvalue weighted by Gasteiger charge is -2.35. The van der Waals surface area contributed by atoms with Crippen molar-refractivity contribution in [3.63, 3.8) is 0 Å². The number of thiazole rings is 1. The van der Waals surface area contributed by atoms with Gasteiger partial charge in [-0.1, -0.05) is 45.7 Å². The van der Waals surface area contributed by atoms with Crippen molar-refractivity contribution >= 4 is 62.6 Å². The normalized spacial score (nSPS) is 27.0. The van der Waals surface area contributed by atoms with Gasteiger partial charge in [-0.25, -0.2) is 9.97 Å². The first-order chi connectivity index (χ1) is 30.6. The van der Waals surface area contributed by atoms with Gasteiger partial charge >= 0.3 is 11.9 Å². The Morgan fingerprint density at radius 1 is 1.02 bits per heavy atom. The fourth-order valence-electron chi connectivity index (χ4n) is 10.2. The lowest BCUT2D eigenvalue weighted by Crippen LogP contribution is -2.48. The number of anilines is 1. The maximum absolute atomic E-state index is 15.0. The number of benzene rings is 1. The standard InChI is InChI=1S/C48H64ClN5O9S/c1-8-30-23-48(30,45(58)59-7)24-38(55)37-20-32(25-54(37)44(57)34(47(4,5)6)21-41(56)63-31-18-28-17-29(28)19-31)62-40-22-35(36-26-64-46(52-36)50-27(2)3)51-43-33(40)9-10-39(42(43)49)61-16-13-53-11-14-60-15-12-53/h9-10,22,26-32,34,37H,8,11-21,23-25H2,1-7H3,(H,50,52)/t28-,29+,30-,31?,32-,34-,37+,48-/m1/s1. The summed E-state index contributed by atoms with van der Waals surface area (Å²) in [6.45, 7) is 16.2. The third kappa shape index (κ3) is 10.2. The van der Waals surface area contributed by atoms with Crippen molar-refractivity contribution in [1.29, 1.82) is 0 Å². The van der Waals surface area contributed by atoms with Crippen molar-refractivity contribution < 1.29 is 42.9 Å². The van der Waals surface area contributed by atoms with Gasteiger partial charge < -0.3 is 33.9 Å². The minimum atomic E-state index is -0.921. The van der Waals surface area contributed by atoms with Crippen molar-refractivity contribution in [2.75, 3.05) is 58.4 Å². The Hall–Kier alpha value is -4.05. The quantitative estimate of drug-likeness (QED) is 0.123. The van der Waals surface area contributed by atoms with Gasteiger partial charge in [0.25, 0.3) is 0 Å². The number of esters is 2. The average Bonchev–Trinajstić information content (AvgIpc) is 3.92. The van der Waals surface area contributed by atoms with Gasteiger partial charge in [-0.05, 0) is 74.8 Å². The Labute approximate surface area is 385 Å². The van der Waals surface area contributed by atoms with Gasteiger partial charge in [-0.15, -0.1) is 11.3 Å². The van der Waals surface area contributed by atoms with E-state index in [9.17, 15) is 19.2 Å². The van der Waals surface area contributed by atoms with Gasteiger partial charge in [-0.3, -0.25) is 24.1 Å². The smallest absolute Gasteiger partial charge is 0.312 e. The first-order valence-electron chi connectivity index (χ1n) is 23.1. The van der Waals surface area contributed by atoms with E-state index >= 15 is 0 Å². The second-order valence-corrected chi connectivity index (χ2v) is 21.2. The third-order valence-corrected chi connectivity index (χ3v) is 15.2. The molecule has 348 valence electrons. The summed E-state index contributed by atoms with van der Waals surface area (Å²) in [6.07, 6.45) is 3.53. The van der Waals surface area contributed by atoms with E-state index in [4.69, 9.17) is 45.3 Å². The highest BCUT2D eigenvalue weighted by Crippen LogP contribution is 2.58. The molecule has 14 nitrogen and oxygen atoms in total. The number of carbonyl (C=O) groups excluding carboxylic acids is 4. The zero-order chi connectivity index (χ0) is 45.5. The van der Waals surface area contributed by atoms with Crippen LogP contribution in [0.5, 0.6) is 11.5 Å². The summed E-state index contributed by atoms with van der Waals surface area (Å²) in [5.74, 6) is 0.152. The van der Waals surface area contributed by atoms with E-state index in [-0.39, 0.29) is 55.6 Å². The van der Waals surface area contributed by atoms with E-state index in [1.54, 1.807) is 4.90 Å². The summed E-state index contributed by atoms with van der Waals surface area (Å²) in [4.78, 5) is 70.1. The number of rotatable bonds is 18. The molecule has 8 atom stereocenters. The number of methoxy groups -OCH3 is 1. The molecule has 1 N–H and O–H groups in total. The molecular weight excluding hydrogens is 858 g/mol. The van der Waals surface area contributed by atoms with Crippen LogP contribution >= 0.6 is 22.9 Å². The van der Waals surface area contributed by atoms with Crippen molar-refractivity contribution in [3.05, 3.63) is 28.6 Å². The molecule has 2 aliphatic heterocycles. The van der Waals surface area contributed by atoms with Crippen LogP contribution in [0.2, 0.25) is 5.02 Å². The summed E-state index contributed by atoms with van der Waals surface area (Å²) in [5, 5.41) is 6.99. The molecule has 0 bridgehead atoms. The Morgan fingerprint density at radius 2 is 1.77 bits per heavy atom. The number of aromatic nitrogens is 2. The largest absolute Gasteiger partial charge is 0.491 e. The minimum Gasteiger partial charge on any atom is -0.491 e. The molecule has 3 aromatic rings. The molecule has 0 radical (unpaired) electrons. The molecule has 3 aliphatic carbocycles. The molecule has 2 saturated heterocycles. The van der Waals surface area contributed by atoms with Crippen molar-refractivity contribution in [3.8, 4) is 22.9 Å². The number of fused-ring (bicyclic) bond motifs is 2. The zero-order valence-corrected chi connectivity index (χ0v) is 39.9. The average molecular weight is 923 g/mol. The second-order valence-electron chi connectivity index (χ2n) is 20.0. The van der Waals surface area contributed by atoms with Gasteiger partial charge in [0, 0.05) is 55.4 Å². The number of ketones is 1. The number of hydrogen-bond acceptors (Lipinski definition) is 14. The van der Waals surface area contributed by atoms with Crippen LogP contribution in [-0.2, 0) is 33.4 Å². The minimum absolute atomic E-state index is 0.0155. The lowest BCUT2D eigenvalue weighted by atomic mass is 9.77. The summed E-state index contributed by atoms with van der Waals surface area (Å²) >= 11 is 8.61. The Kier molecular flexibility index (Phi) is 13.8. The highest BCUT2D eigenvalue weighted by atomic mass is 35.5. The predicted molar refractivity (Wildman–Crippen MR) is 245 cm³/mol. The van der Waals surface area contributed by atoms with Crippen LogP contribution < -0.4 is 14.8 Å². The Morgan fingerprint density at radius 3 is 2.44 bits per heavy atom. The molecule has 0 spiro atoms. The maximum atomic E-state index is 15.0. The zero-order valence-electron chi connectivity index (χ0n) is 38.3. The van der Waals surface area contributed by atoms with E-state index in [0.717, 1.165) is 44.0 Å². The molecule has 2 aromatic heterocycles. The second kappa shape index (κ2) is 19.0. The number of Topliss-reactive ketones (excluding diaryl/α,β-unsaturated/α-hetero) is 1. The number of amides is 1. The number of hydrogen-bond donors (Lipinski definition) is 1. The Balaban J connectivity index is 1.09. The van der Waals surface area contributed by atoms with E-state index in [1.807, 2.05) is 65.1 Å². The third-order valence-electron chi connectivity index (χ3n) is 14.0.